The largest absolute Gasteiger partial charge is 0.314 e. The van der Waals surface area contributed by atoms with Crippen LogP contribution in [0.4, 0.5) is 0 Å². The van der Waals surface area contributed by atoms with Crippen LogP contribution in [0.5, 0.6) is 0 Å². The van der Waals surface area contributed by atoms with E-state index in [2.05, 4.69) is 62.8 Å². The fourth-order valence-electron chi connectivity index (χ4n) is 3.55. The topological polar surface area (TPSA) is 48.1 Å². The Kier molecular flexibility index (Phi) is 8.33. The predicted octanol–water partition coefficient (Wildman–Crippen LogP) is 2.25. The molecule has 4 heteroatoms. The molecule has 0 aromatic carbocycles. The first-order valence-electron chi connectivity index (χ1n) is 9.17. The summed E-state index contributed by atoms with van der Waals surface area (Å²) in [5.41, 5.74) is 0.407. The molecule has 0 aliphatic carbocycles. The maximum Gasteiger partial charge on any atom is 0.0139 e. The van der Waals surface area contributed by atoms with Crippen molar-refractivity contribution in [2.45, 2.75) is 90.4 Å². The van der Waals surface area contributed by atoms with Crippen LogP contribution in [0.25, 0.3) is 0 Å². The number of hydrogen-bond donors (Lipinski definition) is 4. The molecule has 0 aromatic heterocycles. The lowest BCUT2D eigenvalue weighted by atomic mass is 9.95. The molecule has 0 bridgehead atoms. The lowest BCUT2D eigenvalue weighted by Gasteiger charge is -2.32. The Labute approximate surface area is 138 Å². The third kappa shape index (κ3) is 9.09. The summed E-state index contributed by atoms with van der Waals surface area (Å²) in [7, 11) is 0. The zero-order valence-electron chi connectivity index (χ0n) is 15.8. The third-order valence-corrected chi connectivity index (χ3v) is 4.53. The van der Waals surface area contributed by atoms with Crippen LogP contribution in [0.3, 0.4) is 0 Å². The van der Waals surface area contributed by atoms with Crippen LogP contribution in [0.1, 0.15) is 67.2 Å². The fraction of sp³-hybridized carbons (Fsp3) is 1.00. The summed E-state index contributed by atoms with van der Waals surface area (Å²) in [4.78, 5) is 0. The van der Waals surface area contributed by atoms with Gasteiger partial charge in [-0.2, -0.15) is 0 Å². The van der Waals surface area contributed by atoms with Crippen LogP contribution in [-0.4, -0.2) is 49.3 Å². The molecule has 1 fully saturated rings. The minimum absolute atomic E-state index is 0.204. The zero-order chi connectivity index (χ0) is 16.6. The van der Waals surface area contributed by atoms with Gasteiger partial charge in [0.1, 0.15) is 0 Å². The van der Waals surface area contributed by atoms with Crippen molar-refractivity contribution in [2.24, 2.45) is 0 Å². The van der Waals surface area contributed by atoms with E-state index < -0.39 is 0 Å². The Balaban J connectivity index is 2.51. The molecule has 1 rings (SSSR count). The summed E-state index contributed by atoms with van der Waals surface area (Å²) in [5.74, 6) is 0. The maximum atomic E-state index is 3.71. The molecule has 2 atom stereocenters. The predicted molar refractivity (Wildman–Crippen MR) is 97.6 cm³/mol. The van der Waals surface area contributed by atoms with Crippen molar-refractivity contribution >= 4 is 0 Å². The molecule has 0 amide bonds. The third-order valence-electron chi connectivity index (χ3n) is 4.53. The molecule has 0 spiro atoms. The first-order valence-corrected chi connectivity index (χ1v) is 9.17. The second-order valence-corrected chi connectivity index (χ2v) is 8.45. The molecular formula is C18H40N4. The minimum atomic E-state index is 0.204. The van der Waals surface area contributed by atoms with Gasteiger partial charge in [-0.15, -0.1) is 0 Å². The van der Waals surface area contributed by atoms with Crippen molar-refractivity contribution in [1.29, 1.82) is 0 Å². The monoisotopic (exact) mass is 312 g/mol. The summed E-state index contributed by atoms with van der Waals surface area (Å²) >= 11 is 0. The Hall–Kier alpha value is -0.160. The van der Waals surface area contributed by atoms with E-state index >= 15 is 0 Å². The van der Waals surface area contributed by atoms with Gasteiger partial charge in [0.2, 0.25) is 0 Å². The van der Waals surface area contributed by atoms with E-state index in [1.807, 2.05) is 0 Å². The molecule has 4 nitrogen and oxygen atoms in total. The van der Waals surface area contributed by atoms with Crippen LogP contribution in [0, 0.1) is 0 Å². The van der Waals surface area contributed by atoms with E-state index in [0.717, 1.165) is 39.0 Å². The fourth-order valence-corrected chi connectivity index (χ4v) is 3.55. The van der Waals surface area contributed by atoms with Crippen molar-refractivity contribution in [1.82, 2.24) is 21.3 Å². The quantitative estimate of drug-likeness (QED) is 0.554. The van der Waals surface area contributed by atoms with Crippen molar-refractivity contribution in [3.05, 3.63) is 0 Å². The van der Waals surface area contributed by atoms with Gasteiger partial charge in [0, 0.05) is 23.2 Å². The molecule has 1 aliphatic heterocycles. The van der Waals surface area contributed by atoms with Crippen molar-refractivity contribution in [2.75, 3.05) is 26.2 Å². The summed E-state index contributed by atoms with van der Waals surface area (Å²) in [6.07, 6.45) is 4.69. The summed E-state index contributed by atoms with van der Waals surface area (Å²) in [6, 6.07) is 1.11. The first kappa shape index (κ1) is 19.9. The van der Waals surface area contributed by atoms with E-state index in [9.17, 15) is 0 Å². The molecule has 0 saturated carbocycles. The van der Waals surface area contributed by atoms with Gasteiger partial charge in [-0.25, -0.2) is 0 Å². The highest BCUT2D eigenvalue weighted by Crippen LogP contribution is 2.13. The number of nitrogens with one attached hydrogen (secondary N) is 4. The highest BCUT2D eigenvalue weighted by Gasteiger charge is 2.22. The Bertz CT molecular complexity index is 271. The molecule has 1 aliphatic rings. The SMILES string of the molecule is C[C@@H]1CC(C)(C)NCCCN[C@H](C)CC(C)(C)NCCCN1. The highest BCUT2D eigenvalue weighted by molar-refractivity contribution is 4.84. The van der Waals surface area contributed by atoms with Gasteiger partial charge in [-0.1, -0.05) is 0 Å². The molecule has 0 unspecified atom stereocenters. The van der Waals surface area contributed by atoms with Gasteiger partial charge in [0.05, 0.1) is 0 Å². The lowest BCUT2D eigenvalue weighted by molar-refractivity contribution is 0.294. The van der Waals surface area contributed by atoms with Crippen molar-refractivity contribution in [3.8, 4) is 0 Å². The van der Waals surface area contributed by atoms with Crippen LogP contribution in [0.2, 0.25) is 0 Å². The Morgan fingerprint density at radius 2 is 1.00 bits per heavy atom. The zero-order valence-corrected chi connectivity index (χ0v) is 15.8. The second kappa shape index (κ2) is 9.21. The van der Waals surface area contributed by atoms with Crippen LogP contribution >= 0.6 is 0 Å². The van der Waals surface area contributed by atoms with Gasteiger partial charge in [-0.05, 0) is 93.4 Å². The van der Waals surface area contributed by atoms with E-state index in [1.165, 1.54) is 12.8 Å². The standard InChI is InChI=1S/C18H40N4/c1-15-13-17(3,4)21-12-8-10-20-16(2)14-18(5,6)22-11-7-9-19-15/h15-16,19-22H,7-14H2,1-6H3/t15-,16-/m1/s1. The number of rotatable bonds is 0. The van der Waals surface area contributed by atoms with Gasteiger partial charge in [0.25, 0.3) is 0 Å². The summed E-state index contributed by atoms with van der Waals surface area (Å²) < 4.78 is 0. The smallest absolute Gasteiger partial charge is 0.0139 e. The van der Waals surface area contributed by atoms with Crippen molar-refractivity contribution in [3.63, 3.8) is 0 Å². The van der Waals surface area contributed by atoms with Gasteiger partial charge in [-0.3, -0.25) is 0 Å². The van der Waals surface area contributed by atoms with E-state index in [4.69, 9.17) is 0 Å². The summed E-state index contributed by atoms with van der Waals surface area (Å²) in [5, 5.41) is 14.7. The van der Waals surface area contributed by atoms with E-state index in [0.29, 0.717) is 12.1 Å². The van der Waals surface area contributed by atoms with E-state index in [1.54, 1.807) is 0 Å². The second-order valence-electron chi connectivity index (χ2n) is 8.45. The van der Waals surface area contributed by atoms with E-state index in [-0.39, 0.29) is 11.1 Å². The molecule has 1 saturated heterocycles. The van der Waals surface area contributed by atoms with Crippen molar-refractivity contribution < 1.29 is 0 Å². The molecule has 4 N–H and O–H groups in total. The summed E-state index contributed by atoms with van der Waals surface area (Å²) in [6.45, 7) is 18.2. The molecule has 132 valence electrons. The molecule has 22 heavy (non-hydrogen) atoms. The average molecular weight is 313 g/mol. The molecule has 1 heterocycles. The minimum Gasteiger partial charge on any atom is -0.314 e. The normalized spacial score (nSPS) is 32.5. The van der Waals surface area contributed by atoms with Gasteiger partial charge >= 0.3 is 0 Å². The number of hydrogen-bond acceptors (Lipinski definition) is 4. The van der Waals surface area contributed by atoms with Crippen LogP contribution in [0.15, 0.2) is 0 Å². The lowest BCUT2D eigenvalue weighted by Crippen LogP contribution is -2.48. The molecular weight excluding hydrogens is 272 g/mol. The van der Waals surface area contributed by atoms with Gasteiger partial charge in [0.15, 0.2) is 0 Å². The first-order chi connectivity index (χ1) is 10.2. The molecule has 0 aromatic rings. The maximum absolute atomic E-state index is 3.71. The Morgan fingerprint density at radius 3 is 1.36 bits per heavy atom. The van der Waals surface area contributed by atoms with Gasteiger partial charge < -0.3 is 21.3 Å². The van der Waals surface area contributed by atoms with Crippen LogP contribution in [-0.2, 0) is 0 Å². The average Bonchev–Trinajstić information content (AvgIpc) is 2.35. The Morgan fingerprint density at radius 1 is 0.636 bits per heavy atom. The van der Waals surface area contributed by atoms with Crippen LogP contribution < -0.4 is 21.3 Å². The highest BCUT2D eigenvalue weighted by atomic mass is 15.0. The molecule has 0 radical (unpaired) electrons.